The highest BCUT2D eigenvalue weighted by molar-refractivity contribution is 7.19. The number of carbonyl (C=O) groups excluding carboxylic acids is 1. The molecule has 3 heterocycles. The number of esters is 1. The fourth-order valence-corrected chi connectivity index (χ4v) is 4.95. The molecule has 29 heavy (non-hydrogen) atoms. The minimum absolute atomic E-state index is 0.165. The largest absolute Gasteiger partial charge is 0.491 e. The maximum absolute atomic E-state index is 13.3. The second-order valence-corrected chi connectivity index (χ2v) is 7.99. The Hall–Kier alpha value is -2.56. The standard InChI is InChI=1S/C19H20BN3O5S/c1-11(24)28-10-14-15(20(26)27-2)7-8-21-18(14)23-19(25)17-13(9-22-23)12-5-3-4-6-16(12)29-17/h7-9,26H,3-6,10H2,1-2H3. The molecule has 8 nitrogen and oxygen atoms in total. The van der Waals surface area contributed by atoms with Crippen molar-refractivity contribution in [2.45, 2.75) is 39.2 Å². The molecule has 1 aliphatic rings. The van der Waals surface area contributed by atoms with Crippen molar-refractivity contribution >= 4 is 40.0 Å². The first-order chi connectivity index (χ1) is 14.0. The van der Waals surface area contributed by atoms with E-state index in [4.69, 9.17) is 9.39 Å². The van der Waals surface area contributed by atoms with Crippen LogP contribution in [0.2, 0.25) is 0 Å². The third kappa shape index (κ3) is 3.59. The lowest BCUT2D eigenvalue weighted by atomic mass is 9.77. The van der Waals surface area contributed by atoms with Crippen molar-refractivity contribution in [1.82, 2.24) is 14.8 Å². The number of aryl methyl sites for hydroxylation is 2. The number of pyridine rings is 1. The molecule has 150 valence electrons. The first-order valence-electron chi connectivity index (χ1n) is 9.36. The van der Waals surface area contributed by atoms with Crippen molar-refractivity contribution in [2.24, 2.45) is 0 Å². The first kappa shape index (κ1) is 19.7. The van der Waals surface area contributed by atoms with Gasteiger partial charge in [-0.2, -0.15) is 9.78 Å². The summed E-state index contributed by atoms with van der Waals surface area (Å²) in [7, 11) is 0.100. The molecule has 0 bridgehead atoms. The first-order valence-corrected chi connectivity index (χ1v) is 10.2. The lowest BCUT2D eigenvalue weighted by molar-refractivity contribution is -0.142. The number of aromatic nitrogens is 3. The molecular formula is C19H20BN3O5S. The Labute approximate surface area is 171 Å². The normalized spacial score (nSPS) is 13.3. The van der Waals surface area contributed by atoms with Gasteiger partial charge in [-0.05, 0) is 42.8 Å². The quantitative estimate of drug-likeness (QED) is 0.494. The summed E-state index contributed by atoms with van der Waals surface area (Å²) >= 11 is 1.51. The molecule has 0 aliphatic heterocycles. The summed E-state index contributed by atoms with van der Waals surface area (Å²) in [6, 6.07) is 1.56. The zero-order valence-electron chi connectivity index (χ0n) is 16.2. The Morgan fingerprint density at radius 2 is 2.17 bits per heavy atom. The van der Waals surface area contributed by atoms with Crippen LogP contribution >= 0.6 is 11.3 Å². The molecule has 1 N–H and O–H groups in total. The second-order valence-electron chi connectivity index (χ2n) is 6.89. The predicted octanol–water partition coefficient (Wildman–Crippen LogP) is 1.12. The van der Waals surface area contributed by atoms with Crippen LogP contribution in [0.5, 0.6) is 0 Å². The summed E-state index contributed by atoms with van der Waals surface area (Å²) in [5, 5.41) is 15.5. The molecule has 0 unspecified atom stereocenters. The van der Waals surface area contributed by atoms with Gasteiger partial charge in [-0.25, -0.2) is 4.98 Å². The summed E-state index contributed by atoms with van der Waals surface area (Å²) in [6.07, 6.45) is 7.36. The van der Waals surface area contributed by atoms with Crippen molar-refractivity contribution in [1.29, 1.82) is 0 Å². The van der Waals surface area contributed by atoms with Crippen LogP contribution in [0.3, 0.4) is 0 Å². The van der Waals surface area contributed by atoms with Crippen molar-refractivity contribution in [3.05, 3.63) is 44.8 Å². The zero-order chi connectivity index (χ0) is 20.5. The van der Waals surface area contributed by atoms with Crippen molar-refractivity contribution in [2.75, 3.05) is 7.11 Å². The van der Waals surface area contributed by atoms with Crippen LogP contribution in [-0.2, 0) is 33.6 Å². The number of ether oxygens (including phenoxy) is 1. The minimum Gasteiger partial charge on any atom is -0.461 e. The fraction of sp³-hybridized carbons (Fsp3) is 0.368. The van der Waals surface area contributed by atoms with E-state index in [1.54, 1.807) is 12.3 Å². The number of carbonyl (C=O) groups is 1. The molecule has 0 amide bonds. The number of thiophene rings is 1. The SMILES string of the molecule is COB(O)c1ccnc(-n2ncc3c4c(sc3c2=O)CCCC4)c1COC(C)=O. The molecule has 0 aromatic carbocycles. The van der Waals surface area contributed by atoms with Crippen LogP contribution < -0.4 is 11.0 Å². The molecule has 0 fully saturated rings. The molecule has 3 aromatic heterocycles. The zero-order valence-corrected chi connectivity index (χ0v) is 17.0. The van der Waals surface area contributed by atoms with E-state index in [-0.39, 0.29) is 18.0 Å². The fourth-order valence-electron chi connectivity index (χ4n) is 3.66. The van der Waals surface area contributed by atoms with E-state index < -0.39 is 13.1 Å². The Balaban J connectivity index is 1.89. The maximum atomic E-state index is 13.3. The third-order valence-corrected chi connectivity index (χ3v) is 6.38. The monoisotopic (exact) mass is 413 g/mol. The van der Waals surface area contributed by atoms with Crippen LogP contribution in [0.1, 0.15) is 35.8 Å². The van der Waals surface area contributed by atoms with E-state index >= 15 is 0 Å². The van der Waals surface area contributed by atoms with Gasteiger partial charge in [0.15, 0.2) is 5.82 Å². The molecule has 0 saturated heterocycles. The average molecular weight is 413 g/mol. The van der Waals surface area contributed by atoms with Crippen LogP contribution in [0.25, 0.3) is 15.9 Å². The summed E-state index contributed by atoms with van der Waals surface area (Å²) in [6.45, 7) is 1.12. The average Bonchev–Trinajstić information content (AvgIpc) is 3.11. The van der Waals surface area contributed by atoms with Crippen LogP contribution in [0.4, 0.5) is 0 Å². The van der Waals surface area contributed by atoms with Crippen LogP contribution in [0, 0.1) is 0 Å². The third-order valence-electron chi connectivity index (χ3n) is 5.08. The van der Waals surface area contributed by atoms with Gasteiger partial charge in [0.1, 0.15) is 11.3 Å². The van der Waals surface area contributed by atoms with Gasteiger partial charge in [-0.15, -0.1) is 11.3 Å². The summed E-state index contributed by atoms with van der Waals surface area (Å²) < 4.78 is 12.0. The van der Waals surface area contributed by atoms with Crippen LogP contribution in [0.15, 0.2) is 23.3 Å². The lowest BCUT2D eigenvalue weighted by Crippen LogP contribution is -2.38. The number of hydrogen-bond acceptors (Lipinski definition) is 8. The van der Waals surface area contributed by atoms with E-state index in [1.807, 2.05) is 0 Å². The smallest absolute Gasteiger partial charge is 0.461 e. The van der Waals surface area contributed by atoms with E-state index in [0.29, 0.717) is 15.7 Å². The Morgan fingerprint density at radius 3 is 2.93 bits per heavy atom. The van der Waals surface area contributed by atoms with Crippen molar-refractivity contribution < 1.29 is 19.2 Å². The maximum Gasteiger partial charge on any atom is 0.491 e. The molecular weight excluding hydrogens is 393 g/mol. The van der Waals surface area contributed by atoms with Gasteiger partial charge in [-0.1, -0.05) is 0 Å². The van der Waals surface area contributed by atoms with Crippen molar-refractivity contribution in [3.8, 4) is 5.82 Å². The highest BCUT2D eigenvalue weighted by Gasteiger charge is 2.25. The molecule has 3 aromatic rings. The van der Waals surface area contributed by atoms with E-state index in [0.717, 1.165) is 31.1 Å². The second kappa shape index (κ2) is 8.06. The molecule has 0 radical (unpaired) electrons. The van der Waals surface area contributed by atoms with E-state index in [2.05, 4.69) is 10.1 Å². The lowest BCUT2D eigenvalue weighted by Gasteiger charge is -2.15. The number of nitrogens with zero attached hydrogens (tertiary/aromatic N) is 3. The number of hydrogen-bond donors (Lipinski definition) is 1. The van der Waals surface area contributed by atoms with Gasteiger partial charge >= 0.3 is 13.1 Å². The van der Waals surface area contributed by atoms with Gasteiger partial charge in [-0.3, -0.25) is 9.59 Å². The van der Waals surface area contributed by atoms with Gasteiger partial charge in [0.2, 0.25) is 0 Å². The Kier molecular flexibility index (Phi) is 5.49. The van der Waals surface area contributed by atoms with Crippen molar-refractivity contribution in [3.63, 3.8) is 0 Å². The molecule has 0 saturated carbocycles. The minimum atomic E-state index is -1.25. The molecule has 4 rings (SSSR count). The van der Waals surface area contributed by atoms with Gasteiger partial charge in [0, 0.05) is 36.1 Å². The molecule has 0 spiro atoms. The van der Waals surface area contributed by atoms with Gasteiger partial charge in [0.05, 0.1) is 6.20 Å². The Morgan fingerprint density at radius 1 is 1.38 bits per heavy atom. The summed E-state index contributed by atoms with van der Waals surface area (Å²) in [5.74, 6) is -0.280. The van der Waals surface area contributed by atoms with Gasteiger partial charge in [0.25, 0.3) is 5.56 Å². The van der Waals surface area contributed by atoms with Crippen LogP contribution in [-0.4, -0.2) is 40.0 Å². The summed E-state index contributed by atoms with van der Waals surface area (Å²) in [4.78, 5) is 30.2. The molecule has 10 heteroatoms. The topological polar surface area (TPSA) is 104 Å². The highest BCUT2D eigenvalue weighted by Crippen LogP contribution is 2.34. The number of fused-ring (bicyclic) bond motifs is 3. The molecule has 0 atom stereocenters. The Bertz CT molecular complexity index is 1140. The predicted molar refractivity (Wildman–Crippen MR) is 110 cm³/mol. The van der Waals surface area contributed by atoms with Gasteiger partial charge < -0.3 is 14.4 Å². The van der Waals surface area contributed by atoms with E-state index in [1.165, 1.54) is 46.7 Å². The summed E-state index contributed by atoms with van der Waals surface area (Å²) in [5.41, 5.74) is 1.68. The number of rotatable bonds is 5. The molecule has 1 aliphatic carbocycles. The highest BCUT2D eigenvalue weighted by atomic mass is 32.1. The van der Waals surface area contributed by atoms with E-state index in [9.17, 15) is 14.6 Å².